The molecule has 0 saturated carbocycles. The van der Waals surface area contributed by atoms with Crippen LogP contribution in [0.5, 0.6) is 5.75 Å². The zero-order valence-corrected chi connectivity index (χ0v) is 20.3. The lowest BCUT2D eigenvalue weighted by Gasteiger charge is -2.32. The molecule has 0 radical (unpaired) electrons. The van der Waals surface area contributed by atoms with Crippen molar-refractivity contribution in [1.29, 1.82) is 0 Å². The van der Waals surface area contributed by atoms with E-state index in [1.165, 1.54) is 23.6 Å². The average molecular weight is 470 g/mol. The number of hydrogen-bond donors (Lipinski definition) is 0. The minimum atomic E-state index is -0.316. The van der Waals surface area contributed by atoms with Crippen LogP contribution in [0.15, 0.2) is 73.1 Å². The normalized spacial score (nSPS) is 14.8. The number of hydrogen-bond acceptors (Lipinski definition) is 5. The molecule has 4 aromatic rings. The summed E-state index contributed by atoms with van der Waals surface area (Å²) in [5.41, 5.74) is 5.29. The standard InChI is InChI=1S/C29H31N3O3/c1-34-27-5-3-4-22(16-27)19-31-13-10-23(11-14-31)26-17-25-12-15-32(28(25)30-18-26)20-21-6-8-24(9-7-21)29(33)35-2/h3-9,12,15-18,23H,10-11,13-14,19-20H2,1-2H3. The Balaban J connectivity index is 1.22. The number of pyridine rings is 1. The first-order valence-corrected chi connectivity index (χ1v) is 12.1. The summed E-state index contributed by atoms with van der Waals surface area (Å²) in [4.78, 5) is 19.0. The summed E-state index contributed by atoms with van der Waals surface area (Å²) < 4.78 is 12.3. The molecule has 1 aliphatic heterocycles. The van der Waals surface area contributed by atoms with Crippen LogP contribution >= 0.6 is 0 Å². The highest BCUT2D eigenvalue weighted by molar-refractivity contribution is 5.89. The van der Waals surface area contributed by atoms with Gasteiger partial charge in [-0.25, -0.2) is 9.78 Å². The zero-order chi connectivity index (χ0) is 24.2. The van der Waals surface area contributed by atoms with Crippen molar-refractivity contribution in [3.8, 4) is 5.75 Å². The number of piperidine rings is 1. The van der Waals surface area contributed by atoms with Gasteiger partial charge in [-0.2, -0.15) is 0 Å². The molecule has 1 saturated heterocycles. The SMILES string of the molecule is COC(=O)c1ccc(Cn2ccc3cc(C4CCN(Cc5cccc(OC)c5)CC4)cnc32)cc1. The van der Waals surface area contributed by atoms with Crippen molar-refractivity contribution in [2.24, 2.45) is 0 Å². The summed E-state index contributed by atoms with van der Waals surface area (Å²) in [6.45, 7) is 3.84. The molecule has 3 heterocycles. The molecule has 0 aliphatic carbocycles. The lowest BCUT2D eigenvalue weighted by molar-refractivity contribution is 0.0600. The molecule has 0 amide bonds. The second-order valence-corrected chi connectivity index (χ2v) is 9.22. The Morgan fingerprint density at radius 3 is 2.51 bits per heavy atom. The topological polar surface area (TPSA) is 56.6 Å². The molecule has 0 bridgehead atoms. The average Bonchev–Trinajstić information content (AvgIpc) is 3.31. The van der Waals surface area contributed by atoms with E-state index in [9.17, 15) is 4.79 Å². The van der Waals surface area contributed by atoms with Crippen LogP contribution in [0.4, 0.5) is 0 Å². The highest BCUT2D eigenvalue weighted by atomic mass is 16.5. The molecule has 6 heteroatoms. The third-order valence-electron chi connectivity index (χ3n) is 6.95. The Labute approximate surface area is 206 Å². The first-order chi connectivity index (χ1) is 17.1. The lowest BCUT2D eigenvalue weighted by Crippen LogP contribution is -2.32. The third kappa shape index (κ3) is 5.23. The molecule has 180 valence electrons. The Morgan fingerprint density at radius 2 is 1.77 bits per heavy atom. The maximum absolute atomic E-state index is 11.7. The van der Waals surface area contributed by atoms with Gasteiger partial charge in [-0.05, 0) is 84.9 Å². The van der Waals surface area contributed by atoms with Crippen molar-refractivity contribution in [3.05, 3.63) is 95.3 Å². The molecule has 35 heavy (non-hydrogen) atoms. The van der Waals surface area contributed by atoms with Crippen molar-refractivity contribution in [2.75, 3.05) is 27.3 Å². The first kappa shape index (κ1) is 23.1. The second kappa shape index (κ2) is 10.3. The van der Waals surface area contributed by atoms with Crippen LogP contribution in [0.2, 0.25) is 0 Å². The van der Waals surface area contributed by atoms with Crippen LogP contribution in [0, 0.1) is 0 Å². The Kier molecular flexibility index (Phi) is 6.82. The Hall–Kier alpha value is -3.64. The number of fused-ring (bicyclic) bond motifs is 1. The van der Waals surface area contributed by atoms with Gasteiger partial charge in [-0.15, -0.1) is 0 Å². The van der Waals surface area contributed by atoms with E-state index < -0.39 is 0 Å². The number of aromatic nitrogens is 2. The van der Waals surface area contributed by atoms with Gasteiger partial charge in [0, 0.05) is 30.9 Å². The Bertz CT molecular complexity index is 1300. The minimum absolute atomic E-state index is 0.316. The summed E-state index contributed by atoms with van der Waals surface area (Å²) in [7, 11) is 3.11. The van der Waals surface area contributed by atoms with E-state index in [2.05, 4.69) is 52.2 Å². The van der Waals surface area contributed by atoms with Gasteiger partial charge < -0.3 is 14.0 Å². The van der Waals surface area contributed by atoms with Gasteiger partial charge in [0.25, 0.3) is 0 Å². The number of carbonyl (C=O) groups is 1. The molecule has 0 unspecified atom stereocenters. The fraction of sp³-hybridized carbons (Fsp3) is 0.310. The lowest BCUT2D eigenvalue weighted by atomic mass is 9.90. The van der Waals surface area contributed by atoms with E-state index in [1.54, 1.807) is 19.2 Å². The van der Waals surface area contributed by atoms with Crippen molar-refractivity contribution in [3.63, 3.8) is 0 Å². The van der Waals surface area contributed by atoms with Crippen molar-refractivity contribution in [1.82, 2.24) is 14.5 Å². The quantitative estimate of drug-likeness (QED) is 0.346. The predicted octanol–water partition coefficient (Wildman–Crippen LogP) is 5.26. The third-order valence-corrected chi connectivity index (χ3v) is 6.95. The maximum atomic E-state index is 11.7. The van der Waals surface area contributed by atoms with Gasteiger partial charge in [-0.3, -0.25) is 4.90 Å². The minimum Gasteiger partial charge on any atom is -0.497 e. The van der Waals surface area contributed by atoms with Gasteiger partial charge in [0.15, 0.2) is 0 Å². The molecule has 5 rings (SSSR count). The fourth-order valence-electron chi connectivity index (χ4n) is 4.96. The number of likely N-dealkylation sites (tertiary alicyclic amines) is 1. The van der Waals surface area contributed by atoms with Crippen LogP contribution in [-0.2, 0) is 17.8 Å². The number of nitrogens with zero attached hydrogens (tertiary/aromatic N) is 3. The van der Waals surface area contributed by atoms with E-state index in [-0.39, 0.29) is 5.97 Å². The van der Waals surface area contributed by atoms with Crippen LogP contribution in [0.1, 0.15) is 45.8 Å². The second-order valence-electron chi connectivity index (χ2n) is 9.22. The number of esters is 1. The number of carbonyl (C=O) groups excluding carboxylic acids is 1. The molecule has 0 N–H and O–H groups in total. The smallest absolute Gasteiger partial charge is 0.337 e. The van der Waals surface area contributed by atoms with E-state index in [0.29, 0.717) is 18.0 Å². The molecular formula is C29H31N3O3. The van der Waals surface area contributed by atoms with E-state index >= 15 is 0 Å². The van der Waals surface area contributed by atoms with Gasteiger partial charge in [0.1, 0.15) is 11.4 Å². The van der Waals surface area contributed by atoms with Crippen LogP contribution < -0.4 is 4.74 Å². The summed E-state index contributed by atoms with van der Waals surface area (Å²) in [6.07, 6.45) is 6.43. The van der Waals surface area contributed by atoms with Crippen molar-refractivity contribution >= 4 is 17.0 Å². The summed E-state index contributed by atoms with van der Waals surface area (Å²) >= 11 is 0. The number of benzene rings is 2. The van der Waals surface area contributed by atoms with E-state index in [1.807, 2.05) is 18.2 Å². The molecule has 2 aromatic carbocycles. The van der Waals surface area contributed by atoms with Crippen LogP contribution in [-0.4, -0.2) is 47.7 Å². The van der Waals surface area contributed by atoms with Gasteiger partial charge >= 0.3 is 5.97 Å². The van der Waals surface area contributed by atoms with Crippen LogP contribution in [0.25, 0.3) is 11.0 Å². The summed E-state index contributed by atoms with van der Waals surface area (Å²) in [5, 5.41) is 1.17. The molecule has 0 spiro atoms. The van der Waals surface area contributed by atoms with Crippen LogP contribution in [0.3, 0.4) is 0 Å². The molecule has 1 aliphatic rings. The van der Waals surface area contributed by atoms with E-state index in [4.69, 9.17) is 14.5 Å². The fourth-order valence-corrected chi connectivity index (χ4v) is 4.96. The zero-order valence-electron chi connectivity index (χ0n) is 20.3. The monoisotopic (exact) mass is 469 g/mol. The van der Waals surface area contributed by atoms with Crippen molar-refractivity contribution in [2.45, 2.75) is 31.8 Å². The molecule has 1 fully saturated rings. The molecule has 2 aromatic heterocycles. The van der Waals surface area contributed by atoms with Gasteiger partial charge in [0.05, 0.1) is 19.8 Å². The summed E-state index contributed by atoms with van der Waals surface area (Å²) in [5.74, 6) is 1.15. The number of ether oxygens (including phenoxy) is 2. The molecular weight excluding hydrogens is 438 g/mol. The predicted molar refractivity (Wildman–Crippen MR) is 137 cm³/mol. The molecule has 6 nitrogen and oxygen atoms in total. The molecule has 0 atom stereocenters. The Morgan fingerprint density at radius 1 is 0.971 bits per heavy atom. The first-order valence-electron chi connectivity index (χ1n) is 12.1. The van der Waals surface area contributed by atoms with Gasteiger partial charge in [-0.1, -0.05) is 24.3 Å². The number of methoxy groups -OCH3 is 2. The highest BCUT2D eigenvalue weighted by Gasteiger charge is 2.21. The van der Waals surface area contributed by atoms with Crippen molar-refractivity contribution < 1.29 is 14.3 Å². The largest absolute Gasteiger partial charge is 0.497 e. The highest BCUT2D eigenvalue weighted by Crippen LogP contribution is 2.30. The maximum Gasteiger partial charge on any atom is 0.337 e. The van der Waals surface area contributed by atoms with E-state index in [0.717, 1.165) is 49.4 Å². The number of rotatable bonds is 7. The van der Waals surface area contributed by atoms with Gasteiger partial charge in [0.2, 0.25) is 0 Å². The summed E-state index contributed by atoms with van der Waals surface area (Å²) in [6, 6.07) is 20.3.